The molecule has 0 saturated heterocycles. The second-order valence-electron chi connectivity index (χ2n) is 4.64. The highest BCUT2D eigenvalue weighted by Crippen LogP contribution is 2.59. The lowest BCUT2D eigenvalue weighted by Gasteiger charge is -2.19. The maximum atomic E-state index is 13.5. The highest BCUT2D eigenvalue weighted by atomic mass is 31.2. The van der Waals surface area contributed by atoms with Gasteiger partial charge in [0.25, 0.3) is 0 Å². The number of alkyl halides is 2. The molecule has 0 spiro atoms. The van der Waals surface area contributed by atoms with Gasteiger partial charge in [-0.2, -0.15) is 8.78 Å². The molecule has 1 rings (SSSR count). The van der Waals surface area contributed by atoms with Crippen LogP contribution in [0.1, 0.15) is 18.1 Å². The number of carbonyl (C=O) groups is 2. The predicted octanol–water partition coefficient (Wildman–Crippen LogP) is 0.446. The van der Waals surface area contributed by atoms with E-state index < -0.39 is 36.7 Å². The van der Waals surface area contributed by atoms with Crippen LogP contribution in [0.3, 0.4) is 0 Å². The van der Waals surface area contributed by atoms with Crippen LogP contribution in [0.5, 0.6) is 0 Å². The maximum absolute atomic E-state index is 13.5. The van der Waals surface area contributed by atoms with Crippen molar-refractivity contribution in [3.05, 3.63) is 35.4 Å². The normalized spacial score (nSPS) is 13.5. The number of amides is 2. The van der Waals surface area contributed by atoms with Crippen LogP contribution in [-0.4, -0.2) is 27.6 Å². The van der Waals surface area contributed by atoms with Crippen LogP contribution in [0.4, 0.5) is 8.78 Å². The predicted molar refractivity (Wildman–Crippen MR) is 72.9 cm³/mol. The van der Waals surface area contributed by atoms with Gasteiger partial charge in [0.15, 0.2) is 0 Å². The Morgan fingerprint density at radius 2 is 1.82 bits per heavy atom. The molecule has 0 aliphatic heterocycles. The van der Waals surface area contributed by atoms with E-state index in [-0.39, 0.29) is 6.42 Å². The van der Waals surface area contributed by atoms with Gasteiger partial charge < -0.3 is 20.8 Å². The van der Waals surface area contributed by atoms with E-state index >= 15 is 0 Å². The molecule has 0 aromatic heterocycles. The Morgan fingerprint density at radius 3 is 2.18 bits per heavy atom. The first-order valence-corrected chi connectivity index (χ1v) is 7.65. The lowest BCUT2D eigenvalue weighted by atomic mass is 10.0. The number of nitrogens with one attached hydrogen (secondary N) is 1. The maximum Gasteiger partial charge on any atom is 0.399 e. The van der Waals surface area contributed by atoms with E-state index in [1.54, 1.807) is 0 Å². The minimum absolute atomic E-state index is 0.0311. The fourth-order valence-corrected chi connectivity index (χ4v) is 2.20. The van der Waals surface area contributed by atoms with Gasteiger partial charge in [0.1, 0.15) is 6.04 Å². The van der Waals surface area contributed by atoms with Crippen LogP contribution in [0, 0.1) is 0 Å². The summed E-state index contributed by atoms with van der Waals surface area (Å²) in [7, 11) is -5.63. The standard InChI is InChI=1S/C12H15F2N2O5P/c1-7(17)16-10(11(15)18)6-8-2-4-9(5-3-8)12(13,14)22(19,20)21/h2-5,10H,6H2,1H3,(H2,15,18)(H,16,17)(H2,19,20,21). The number of hydrogen-bond acceptors (Lipinski definition) is 3. The monoisotopic (exact) mass is 336 g/mol. The number of primary amides is 1. The van der Waals surface area contributed by atoms with Gasteiger partial charge in [-0.05, 0) is 5.56 Å². The molecule has 0 heterocycles. The molecule has 0 bridgehead atoms. The Kier molecular flexibility index (Phi) is 5.39. The Bertz CT molecular complexity index is 614. The fraction of sp³-hybridized carbons (Fsp3) is 0.333. The van der Waals surface area contributed by atoms with Crippen molar-refractivity contribution in [3.8, 4) is 0 Å². The third-order valence-electron chi connectivity index (χ3n) is 2.83. The van der Waals surface area contributed by atoms with Gasteiger partial charge in [-0.1, -0.05) is 24.3 Å². The van der Waals surface area contributed by atoms with Gasteiger partial charge in [-0.3, -0.25) is 14.2 Å². The quantitative estimate of drug-likeness (QED) is 0.560. The van der Waals surface area contributed by atoms with E-state index in [9.17, 15) is 22.9 Å². The molecule has 0 aliphatic rings. The summed E-state index contributed by atoms with van der Waals surface area (Å²) < 4.78 is 37.7. The summed E-state index contributed by atoms with van der Waals surface area (Å²) in [6.07, 6.45) is -0.0311. The van der Waals surface area contributed by atoms with E-state index in [1.807, 2.05) is 0 Å². The molecule has 1 aromatic rings. The minimum Gasteiger partial charge on any atom is -0.368 e. The highest BCUT2D eigenvalue weighted by Gasteiger charge is 2.50. The van der Waals surface area contributed by atoms with Crippen molar-refractivity contribution in [1.29, 1.82) is 0 Å². The van der Waals surface area contributed by atoms with Gasteiger partial charge in [-0.25, -0.2) is 0 Å². The lowest BCUT2D eigenvalue weighted by molar-refractivity contribution is -0.126. The number of benzene rings is 1. The minimum atomic E-state index is -5.63. The number of nitrogens with two attached hydrogens (primary N) is 1. The molecule has 2 amide bonds. The van der Waals surface area contributed by atoms with E-state index in [0.717, 1.165) is 12.1 Å². The zero-order valence-corrected chi connectivity index (χ0v) is 12.4. The summed E-state index contributed by atoms with van der Waals surface area (Å²) in [6, 6.07) is 3.04. The first-order valence-electron chi connectivity index (χ1n) is 6.04. The molecule has 22 heavy (non-hydrogen) atoms. The largest absolute Gasteiger partial charge is 0.399 e. The molecule has 1 unspecified atom stereocenters. The topological polar surface area (TPSA) is 130 Å². The molecule has 7 nitrogen and oxygen atoms in total. The van der Waals surface area contributed by atoms with Crippen molar-refractivity contribution in [2.24, 2.45) is 5.73 Å². The van der Waals surface area contributed by atoms with Gasteiger partial charge in [-0.15, -0.1) is 0 Å². The van der Waals surface area contributed by atoms with Crippen molar-refractivity contribution in [2.45, 2.75) is 25.1 Å². The molecule has 0 radical (unpaired) electrons. The second kappa shape index (κ2) is 6.51. The molecule has 0 saturated carbocycles. The summed E-state index contributed by atoms with van der Waals surface area (Å²) in [4.78, 5) is 39.4. The Hall–Kier alpha value is -1.83. The lowest BCUT2D eigenvalue weighted by Crippen LogP contribution is -2.44. The third-order valence-corrected chi connectivity index (χ3v) is 3.82. The van der Waals surface area contributed by atoms with E-state index in [4.69, 9.17) is 15.5 Å². The van der Waals surface area contributed by atoms with Crippen LogP contribution in [0.25, 0.3) is 0 Å². The summed E-state index contributed by atoms with van der Waals surface area (Å²) in [5.74, 6) is -1.27. The highest BCUT2D eigenvalue weighted by molar-refractivity contribution is 7.52. The van der Waals surface area contributed by atoms with E-state index in [0.29, 0.717) is 5.56 Å². The average Bonchev–Trinajstić information content (AvgIpc) is 2.36. The van der Waals surface area contributed by atoms with Crippen LogP contribution in [0.15, 0.2) is 24.3 Å². The van der Waals surface area contributed by atoms with Crippen LogP contribution in [0.2, 0.25) is 0 Å². The van der Waals surface area contributed by atoms with Crippen LogP contribution < -0.4 is 11.1 Å². The molecular weight excluding hydrogens is 321 g/mol. The Morgan fingerprint density at radius 1 is 1.32 bits per heavy atom. The van der Waals surface area contributed by atoms with Crippen molar-refractivity contribution < 1.29 is 32.7 Å². The smallest absolute Gasteiger partial charge is 0.368 e. The number of halogens is 2. The Labute approximate surface area is 124 Å². The number of hydrogen-bond donors (Lipinski definition) is 4. The molecule has 1 atom stereocenters. The molecule has 10 heteroatoms. The first-order chi connectivity index (χ1) is 9.95. The second-order valence-corrected chi connectivity index (χ2v) is 6.29. The van der Waals surface area contributed by atoms with Gasteiger partial charge >= 0.3 is 13.3 Å². The van der Waals surface area contributed by atoms with E-state index in [2.05, 4.69) is 5.32 Å². The fourth-order valence-electron chi connectivity index (χ4n) is 1.71. The van der Waals surface area contributed by atoms with Crippen LogP contribution in [-0.2, 0) is 26.2 Å². The molecule has 0 fully saturated rings. The average molecular weight is 336 g/mol. The number of carbonyl (C=O) groups excluding carboxylic acids is 2. The molecular formula is C12H15F2N2O5P. The zero-order chi connectivity index (χ0) is 17.1. The molecule has 5 N–H and O–H groups in total. The van der Waals surface area contributed by atoms with Gasteiger partial charge in [0.2, 0.25) is 11.8 Å². The van der Waals surface area contributed by atoms with Crippen molar-refractivity contribution in [2.75, 3.05) is 0 Å². The molecule has 0 aliphatic carbocycles. The van der Waals surface area contributed by atoms with E-state index in [1.165, 1.54) is 19.1 Å². The SMILES string of the molecule is CC(=O)NC(Cc1ccc(C(F)(F)P(=O)(O)O)cc1)C(N)=O. The van der Waals surface area contributed by atoms with Gasteiger partial charge in [0, 0.05) is 18.9 Å². The summed E-state index contributed by atoms with van der Waals surface area (Å²) >= 11 is 0. The summed E-state index contributed by atoms with van der Waals surface area (Å²) in [5, 5.41) is 2.31. The van der Waals surface area contributed by atoms with Crippen LogP contribution >= 0.6 is 7.60 Å². The number of rotatable bonds is 6. The summed E-state index contributed by atoms with van der Waals surface area (Å²) in [5.41, 5.74) is 0.357. The Balaban J connectivity index is 2.96. The van der Waals surface area contributed by atoms with Crippen molar-refractivity contribution in [3.63, 3.8) is 0 Å². The third kappa shape index (κ3) is 4.33. The zero-order valence-electron chi connectivity index (χ0n) is 11.5. The van der Waals surface area contributed by atoms with Gasteiger partial charge in [0.05, 0.1) is 0 Å². The first kappa shape index (κ1) is 18.2. The molecule has 122 valence electrons. The van der Waals surface area contributed by atoms with Crippen molar-refractivity contribution in [1.82, 2.24) is 5.32 Å². The van der Waals surface area contributed by atoms with Crippen molar-refractivity contribution >= 4 is 19.4 Å². The molecule has 1 aromatic carbocycles. The summed E-state index contributed by atoms with van der Waals surface area (Å²) in [6.45, 7) is 1.19.